The number of carbonyl (C=O) groups is 2. The number of aryl methyl sites for hydroxylation is 1. The molecule has 0 saturated heterocycles. The van der Waals surface area contributed by atoms with Crippen molar-refractivity contribution in [1.82, 2.24) is 0 Å². The highest BCUT2D eigenvalue weighted by atomic mass is 35.5. The van der Waals surface area contributed by atoms with Crippen LogP contribution in [0.5, 0.6) is 5.75 Å². The first-order valence-electron chi connectivity index (χ1n) is 8.07. The number of benzene rings is 2. The molecular weight excluding hydrogens is 340 g/mol. The minimum absolute atomic E-state index is 0.116. The van der Waals surface area contributed by atoms with Crippen molar-refractivity contribution in [3.63, 3.8) is 0 Å². The molecule has 0 radical (unpaired) electrons. The highest BCUT2D eigenvalue weighted by Crippen LogP contribution is 2.26. The lowest BCUT2D eigenvalue weighted by Crippen LogP contribution is -2.13. The molecule has 0 heterocycles. The van der Waals surface area contributed by atoms with E-state index < -0.39 is 0 Å². The highest BCUT2D eigenvalue weighted by molar-refractivity contribution is 6.34. The number of para-hydroxylation sites is 1. The molecule has 6 heteroatoms. The van der Waals surface area contributed by atoms with Crippen molar-refractivity contribution in [2.24, 2.45) is 0 Å². The molecule has 0 aliphatic rings. The monoisotopic (exact) mass is 360 g/mol. The van der Waals surface area contributed by atoms with Gasteiger partial charge < -0.3 is 15.4 Å². The van der Waals surface area contributed by atoms with Crippen LogP contribution in [0.2, 0.25) is 5.02 Å². The zero-order valence-corrected chi connectivity index (χ0v) is 15.0. The number of carbonyl (C=O) groups excluding carboxylic acids is 2. The van der Waals surface area contributed by atoms with E-state index in [1.54, 1.807) is 18.2 Å². The third kappa shape index (κ3) is 5.80. The lowest BCUT2D eigenvalue weighted by Gasteiger charge is -2.11. The van der Waals surface area contributed by atoms with Crippen LogP contribution >= 0.6 is 11.6 Å². The number of nitrogens with one attached hydrogen (secondary N) is 2. The van der Waals surface area contributed by atoms with Crippen molar-refractivity contribution in [3.05, 3.63) is 53.1 Å². The maximum absolute atomic E-state index is 12.2. The third-order valence-corrected chi connectivity index (χ3v) is 3.77. The fourth-order valence-electron chi connectivity index (χ4n) is 2.36. The molecule has 2 rings (SSSR count). The molecule has 132 valence electrons. The third-order valence-electron chi connectivity index (χ3n) is 3.46. The topological polar surface area (TPSA) is 67.4 Å². The van der Waals surface area contributed by atoms with Gasteiger partial charge in [0, 0.05) is 19.0 Å². The predicted molar refractivity (Wildman–Crippen MR) is 100 cm³/mol. The average molecular weight is 361 g/mol. The molecule has 0 spiro atoms. The number of halogens is 1. The van der Waals surface area contributed by atoms with Crippen molar-refractivity contribution in [2.75, 3.05) is 17.2 Å². The van der Waals surface area contributed by atoms with E-state index in [1.165, 1.54) is 6.92 Å². The summed E-state index contributed by atoms with van der Waals surface area (Å²) in [5.41, 5.74) is 2.10. The summed E-state index contributed by atoms with van der Waals surface area (Å²) in [6.07, 6.45) is 0.912. The summed E-state index contributed by atoms with van der Waals surface area (Å²) in [4.78, 5) is 23.2. The number of hydrogen-bond acceptors (Lipinski definition) is 3. The molecule has 25 heavy (non-hydrogen) atoms. The second-order valence-corrected chi connectivity index (χ2v) is 5.87. The van der Waals surface area contributed by atoms with Gasteiger partial charge >= 0.3 is 0 Å². The summed E-state index contributed by atoms with van der Waals surface area (Å²) in [6, 6.07) is 12.7. The van der Waals surface area contributed by atoms with Crippen LogP contribution in [-0.4, -0.2) is 18.4 Å². The van der Waals surface area contributed by atoms with Gasteiger partial charge in [-0.2, -0.15) is 0 Å². The molecular formula is C19H21ClN2O3. The van der Waals surface area contributed by atoms with Gasteiger partial charge in [0.1, 0.15) is 5.75 Å². The first kappa shape index (κ1) is 18.8. The average Bonchev–Trinajstić information content (AvgIpc) is 2.56. The zero-order valence-electron chi connectivity index (χ0n) is 14.3. The lowest BCUT2D eigenvalue weighted by atomic mass is 10.1. The van der Waals surface area contributed by atoms with Gasteiger partial charge in [0.2, 0.25) is 11.8 Å². The van der Waals surface area contributed by atoms with Crippen LogP contribution in [0.1, 0.15) is 25.8 Å². The van der Waals surface area contributed by atoms with E-state index in [0.29, 0.717) is 35.8 Å². The van der Waals surface area contributed by atoms with Crippen LogP contribution in [0.3, 0.4) is 0 Å². The second-order valence-electron chi connectivity index (χ2n) is 5.46. The van der Waals surface area contributed by atoms with Crippen LogP contribution in [0.15, 0.2) is 42.5 Å². The maximum Gasteiger partial charge on any atom is 0.224 e. The second kappa shape index (κ2) is 9.08. The van der Waals surface area contributed by atoms with Gasteiger partial charge in [0.25, 0.3) is 0 Å². The molecule has 0 unspecified atom stereocenters. The molecule has 0 saturated carbocycles. The Balaban J connectivity index is 1.94. The van der Waals surface area contributed by atoms with Gasteiger partial charge in [-0.25, -0.2) is 0 Å². The van der Waals surface area contributed by atoms with Gasteiger partial charge in [-0.05, 0) is 43.2 Å². The molecule has 0 atom stereocenters. The van der Waals surface area contributed by atoms with E-state index in [1.807, 2.05) is 31.2 Å². The van der Waals surface area contributed by atoms with Crippen LogP contribution in [0, 0.1) is 0 Å². The lowest BCUT2D eigenvalue weighted by molar-refractivity contribution is -0.116. The first-order valence-corrected chi connectivity index (χ1v) is 8.45. The Morgan fingerprint density at radius 1 is 1.12 bits per heavy atom. The summed E-state index contributed by atoms with van der Waals surface area (Å²) < 4.78 is 5.56. The van der Waals surface area contributed by atoms with E-state index >= 15 is 0 Å². The number of rotatable bonds is 7. The number of amides is 2. The fraction of sp³-hybridized carbons (Fsp3) is 0.263. The molecule has 2 amide bonds. The number of ether oxygens (including phenoxy) is 1. The van der Waals surface area contributed by atoms with Gasteiger partial charge in [-0.3, -0.25) is 9.59 Å². The molecule has 5 nitrogen and oxygen atoms in total. The predicted octanol–water partition coefficient (Wildman–Crippen LogP) is 4.27. The summed E-state index contributed by atoms with van der Waals surface area (Å²) in [6.45, 7) is 3.92. The Bertz CT molecular complexity index is 762. The van der Waals surface area contributed by atoms with Crippen molar-refractivity contribution in [1.29, 1.82) is 0 Å². The standard InChI is InChI=1S/C19H21ClN2O3/c1-3-25-18-7-5-4-6-14(18)8-11-19(24)22-15-9-10-17(16(20)12-15)21-13(2)23/h4-7,9-10,12H,3,8,11H2,1-2H3,(H,21,23)(H,22,24). The van der Waals surface area contributed by atoms with Gasteiger partial charge in [0.05, 0.1) is 17.3 Å². The van der Waals surface area contributed by atoms with Crippen LogP contribution in [0.4, 0.5) is 11.4 Å². The quantitative estimate of drug-likeness (QED) is 0.774. The van der Waals surface area contributed by atoms with Crippen LogP contribution < -0.4 is 15.4 Å². The van der Waals surface area contributed by atoms with E-state index in [2.05, 4.69) is 10.6 Å². The van der Waals surface area contributed by atoms with Crippen LogP contribution in [0.25, 0.3) is 0 Å². The van der Waals surface area contributed by atoms with E-state index in [-0.39, 0.29) is 11.8 Å². The molecule has 2 aromatic rings. The maximum atomic E-state index is 12.2. The van der Waals surface area contributed by atoms with E-state index in [0.717, 1.165) is 11.3 Å². The highest BCUT2D eigenvalue weighted by Gasteiger charge is 2.09. The van der Waals surface area contributed by atoms with E-state index in [9.17, 15) is 9.59 Å². The van der Waals surface area contributed by atoms with Crippen molar-refractivity contribution in [3.8, 4) is 5.75 Å². The Morgan fingerprint density at radius 3 is 2.56 bits per heavy atom. The minimum atomic E-state index is -0.202. The normalized spacial score (nSPS) is 10.2. The largest absolute Gasteiger partial charge is 0.494 e. The van der Waals surface area contributed by atoms with E-state index in [4.69, 9.17) is 16.3 Å². The number of hydrogen-bond donors (Lipinski definition) is 2. The Kier molecular flexibility index (Phi) is 6.83. The smallest absolute Gasteiger partial charge is 0.224 e. The first-order chi connectivity index (χ1) is 12.0. The van der Waals surface area contributed by atoms with Crippen LogP contribution in [-0.2, 0) is 16.0 Å². The van der Waals surface area contributed by atoms with Crippen molar-refractivity contribution < 1.29 is 14.3 Å². The molecule has 0 aliphatic carbocycles. The summed E-state index contributed by atoms with van der Waals surface area (Å²) >= 11 is 6.10. The Hall–Kier alpha value is -2.53. The fourth-order valence-corrected chi connectivity index (χ4v) is 2.59. The number of anilines is 2. The molecule has 2 aromatic carbocycles. The summed E-state index contributed by atoms with van der Waals surface area (Å²) in [5.74, 6) is 0.488. The molecule has 0 aromatic heterocycles. The van der Waals surface area contributed by atoms with Gasteiger partial charge in [-0.1, -0.05) is 29.8 Å². The summed E-state index contributed by atoms with van der Waals surface area (Å²) in [7, 11) is 0. The SMILES string of the molecule is CCOc1ccccc1CCC(=O)Nc1ccc(NC(C)=O)c(Cl)c1. The van der Waals surface area contributed by atoms with Gasteiger partial charge in [-0.15, -0.1) is 0 Å². The summed E-state index contributed by atoms with van der Waals surface area (Å²) in [5, 5.41) is 5.80. The minimum Gasteiger partial charge on any atom is -0.494 e. The molecule has 2 N–H and O–H groups in total. The Morgan fingerprint density at radius 2 is 1.88 bits per heavy atom. The van der Waals surface area contributed by atoms with Crippen molar-refractivity contribution >= 4 is 34.8 Å². The Labute approximate surface area is 152 Å². The molecule has 0 bridgehead atoms. The van der Waals surface area contributed by atoms with Gasteiger partial charge in [0.15, 0.2) is 0 Å². The van der Waals surface area contributed by atoms with Crippen molar-refractivity contribution in [2.45, 2.75) is 26.7 Å². The molecule has 0 aliphatic heterocycles. The molecule has 0 fully saturated rings. The zero-order chi connectivity index (χ0) is 18.2.